The molecule has 3 aromatic rings. The Kier molecular flexibility index (Phi) is 4.63. The summed E-state index contributed by atoms with van der Waals surface area (Å²) in [6.07, 6.45) is 0. The standard InChI is InChI=1S/C21H19FN2O2/c1-12-3-4-13(2)17(9-12)20-18(14-5-7-16(25)8-6-14)10-15(22)11-19(20)21(23)24-26/h3-11,25-26H,1-2H3,(H2,23,24). The second-order valence-electron chi connectivity index (χ2n) is 6.23. The molecule has 132 valence electrons. The van der Waals surface area contributed by atoms with E-state index in [1.165, 1.54) is 24.3 Å². The summed E-state index contributed by atoms with van der Waals surface area (Å²) in [5, 5.41) is 21.8. The van der Waals surface area contributed by atoms with Crippen molar-refractivity contribution in [1.29, 1.82) is 0 Å². The first-order valence-corrected chi connectivity index (χ1v) is 8.09. The van der Waals surface area contributed by atoms with Crippen LogP contribution < -0.4 is 5.73 Å². The molecule has 0 saturated heterocycles. The lowest BCUT2D eigenvalue weighted by atomic mass is 9.87. The van der Waals surface area contributed by atoms with Gasteiger partial charge in [-0.1, -0.05) is 41.1 Å². The number of nitrogens with zero attached hydrogens (tertiary/aromatic N) is 1. The minimum Gasteiger partial charge on any atom is -0.508 e. The van der Waals surface area contributed by atoms with Crippen LogP contribution in [0.1, 0.15) is 16.7 Å². The molecule has 0 radical (unpaired) electrons. The summed E-state index contributed by atoms with van der Waals surface area (Å²) in [5.74, 6) is -0.542. The van der Waals surface area contributed by atoms with Crippen LogP contribution in [-0.4, -0.2) is 16.1 Å². The van der Waals surface area contributed by atoms with Crippen LogP contribution in [0.2, 0.25) is 0 Å². The van der Waals surface area contributed by atoms with Crippen molar-refractivity contribution in [3.63, 3.8) is 0 Å². The van der Waals surface area contributed by atoms with E-state index in [1.807, 2.05) is 32.0 Å². The molecule has 0 heterocycles. The molecule has 0 aliphatic heterocycles. The molecule has 3 aromatic carbocycles. The van der Waals surface area contributed by atoms with Crippen molar-refractivity contribution in [3.05, 3.63) is 77.1 Å². The van der Waals surface area contributed by atoms with Gasteiger partial charge in [-0.25, -0.2) is 4.39 Å². The Bertz CT molecular complexity index is 996. The lowest BCUT2D eigenvalue weighted by Crippen LogP contribution is -2.15. The van der Waals surface area contributed by atoms with Crippen LogP contribution in [0.25, 0.3) is 22.3 Å². The van der Waals surface area contributed by atoms with Crippen molar-refractivity contribution >= 4 is 5.84 Å². The number of hydrogen-bond acceptors (Lipinski definition) is 3. The van der Waals surface area contributed by atoms with Crippen molar-refractivity contribution in [3.8, 4) is 28.0 Å². The van der Waals surface area contributed by atoms with Gasteiger partial charge in [-0.05, 0) is 60.4 Å². The lowest BCUT2D eigenvalue weighted by molar-refractivity contribution is 0.318. The van der Waals surface area contributed by atoms with Crippen molar-refractivity contribution in [2.75, 3.05) is 0 Å². The van der Waals surface area contributed by atoms with E-state index < -0.39 is 5.82 Å². The first-order valence-electron chi connectivity index (χ1n) is 8.09. The van der Waals surface area contributed by atoms with Gasteiger partial charge in [-0.2, -0.15) is 0 Å². The number of phenolic OH excluding ortho intramolecular Hbond substituents is 1. The Morgan fingerprint density at radius 2 is 1.65 bits per heavy atom. The maximum absolute atomic E-state index is 14.3. The number of halogens is 1. The van der Waals surface area contributed by atoms with Crippen LogP contribution in [0, 0.1) is 19.7 Å². The second-order valence-corrected chi connectivity index (χ2v) is 6.23. The number of aromatic hydroxyl groups is 1. The highest BCUT2D eigenvalue weighted by Gasteiger charge is 2.19. The van der Waals surface area contributed by atoms with Crippen LogP contribution in [0.3, 0.4) is 0 Å². The van der Waals surface area contributed by atoms with Gasteiger partial charge in [0.05, 0.1) is 0 Å². The summed E-state index contributed by atoms with van der Waals surface area (Å²) in [6.45, 7) is 3.92. The van der Waals surface area contributed by atoms with Crippen molar-refractivity contribution in [2.24, 2.45) is 10.9 Å². The average Bonchev–Trinajstić information content (AvgIpc) is 2.63. The van der Waals surface area contributed by atoms with Crippen LogP contribution in [0.4, 0.5) is 4.39 Å². The number of aryl methyl sites for hydroxylation is 2. The Balaban J connectivity index is 2.42. The Hall–Kier alpha value is -3.34. The van der Waals surface area contributed by atoms with E-state index in [-0.39, 0.29) is 11.6 Å². The summed E-state index contributed by atoms with van der Waals surface area (Å²) >= 11 is 0. The molecule has 0 bridgehead atoms. The SMILES string of the molecule is Cc1ccc(C)c(-c2c(C(N)=NO)cc(F)cc2-c2ccc(O)cc2)c1. The lowest BCUT2D eigenvalue weighted by Gasteiger charge is -2.18. The van der Waals surface area contributed by atoms with Gasteiger partial charge in [-0.15, -0.1) is 0 Å². The van der Waals surface area contributed by atoms with Gasteiger partial charge in [0.1, 0.15) is 11.6 Å². The van der Waals surface area contributed by atoms with E-state index in [2.05, 4.69) is 5.16 Å². The van der Waals surface area contributed by atoms with Gasteiger partial charge < -0.3 is 16.0 Å². The highest BCUT2D eigenvalue weighted by atomic mass is 19.1. The quantitative estimate of drug-likeness (QED) is 0.280. The molecule has 0 saturated carbocycles. The van der Waals surface area contributed by atoms with Gasteiger partial charge in [0, 0.05) is 11.1 Å². The van der Waals surface area contributed by atoms with Gasteiger partial charge >= 0.3 is 0 Å². The first kappa shape index (κ1) is 17.5. The molecule has 4 N–H and O–H groups in total. The Morgan fingerprint density at radius 3 is 2.31 bits per heavy atom. The van der Waals surface area contributed by atoms with Gasteiger partial charge in [0.25, 0.3) is 0 Å². The molecule has 0 aliphatic rings. The number of amidine groups is 1. The molecule has 0 amide bonds. The molecule has 0 aromatic heterocycles. The number of rotatable bonds is 3. The molecule has 0 aliphatic carbocycles. The molecule has 0 fully saturated rings. The van der Waals surface area contributed by atoms with Crippen LogP contribution >= 0.6 is 0 Å². The third-order valence-electron chi connectivity index (χ3n) is 4.33. The van der Waals surface area contributed by atoms with E-state index in [1.54, 1.807) is 12.1 Å². The third-order valence-corrected chi connectivity index (χ3v) is 4.33. The number of nitrogens with two attached hydrogens (primary N) is 1. The number of hydrogen-bond donors (Lipinski definition) is 3. The molecule has 0 spiro atoms. The van der Waals surface area contributed by atoms with E-state index in [0.717, 1.165) is 16.7 Å². The fourth-order valence-corrected chi connectivity index (χ4v) is 3.03. The number of benzene rings is 3. The minimum absolute atomic E-state index is 0.120. The van der Waals surface area contributed by atoms with Crippen molar-refractivity contribution in [1.82, 2.24) is 0 Å². The first-order chi connectivity index (χ1) is 12.4. The zero-order valence-corrected chi connectivity index (χ0v) is 14.5. The summed E-state index contributed by atoms with van der Waals surface area (Å²) in [6, 6.07) is 15.1. The van der Waals surface area contributed by atoms with E-state index >= 15 is 0 Å². The largest absolute Gasteiger partial charge is 0.508 e. The zero-order chi connectivity index (χ0) is 18.8. The molecule has 3 rings (SSSR count). The highest BCUT2D eigenvalue weighted by molar-refractivity contribution is 6.07. The fourth-order valence-electron chi connectivity index (χ4n) is 3.03. The normalized spacial score (nSPS) is 11.6. The Labute approximate surface area is 151 Å². The summed E-state index contributed by atoms with van der Waals surface area (Å²) in [5.41, 5.74) is 11.0. The van der Waals surface area contributed by atoms with Gasteiger partial charge in [0.2, 0.25) is 0 Å². The molecule has 0 atom stereocenters. The number of phenols is 1. The molecule has 5 heteroatoms. The maximum Gasteiger partial charge on any atom is 0.170 e. The Morgan fingerprint density at radius 1 is 0.962 bits per heavy atom. The summed E-state index contributed by atoms with van der Waals surface area (Å²) in [7, 11) is 0. The van der Waals surface area contributed by atoms with E-state index in [9.17, 15) is 14.7 Å². The summed E-state index contributed by atoms with van der Waals surface area (Å²) < 4.78 is 14.3. The van der Waals surface area contributed by atoms with Crippen LogP contribution in [-0.2, 0) is 0 Å². The third kappa shape index (κ3) is 3.24. The molecule has 4 nitrogen and oxygen atoms in total. The predicted octanol–water partition coefficient (Wildman–Crippen LogP) is 4.58. The maximum atomic E-state index is 14.3. The zero-order valence-electron chi connectivity index (χ0n) is 14.5. The monoisotopic (exact) mass is 350 g/mol. The van der Waals surface area contributed by atoms with Gasteiger partial charge in [0.15, 0.2) is 5.84 Å². The number of oxime groups is 1. The molecule has 26 heavy (non-hydrogen) atoms. The van der Waals surface area contributed by atoms with Gasteiger partial charge in [-0.3, -0.25) is 0 Å². The average molecular weight is 350 g/mol. The van der Waals surface area contributed by atoms with E-state index in [0.29, 0.717) is 22.3 Å². The van der Waals surface area contributed by atoms with Crippen LogP contribution in [0.5, 0.6) is 5.75 Å². The second kappa shape index (κ2) is 6.88. The van der Waals surface area contributed by atoms with Crippen molar-refractivity contribution in [2.45, 2.75) is 13.8 Å². The minimum atomic E-state index is -0.497. The van der Waals surface area contributed by atoms with Crippen LogP contribution in [0.15, 0.2) is 59.8 Å². The highest BCUT2D eigenvalue weighted by Crippen LogP contribution is 2.38. The smallest absolute Gasteiger partial charge is 0.170 e. The van der Waals surface area contributed by atoms with Crippen molar-refractivity contribution < 1.29 is 14.7 Å². The fraction of sp³-hybridized carbons (Fsp3) is 0.0952. The van der Waals surface area contributed by atoms with E-state index in [4.69, 9.17) is 5.73 Å². The molecular weight excluding hydrogens is 331 g/mol. The topological polar surface area (TPSA) is 78.8 Å². The molecular formula is C21H19FN2O2. The summed E-state index contributed by atoms with van der Waals surface area (Å²) in [4.78, 5) is 0. The predicted molar refractivity (Wildman–Crippen MR) is 101 cm³/mol. The molecule has 0 unspecified atom stereocenters.